The third kappa shape index (κ3) is 1.54. The van der Waals surface area contributed by atoms with Crippen LogP contribution in [0.2, 0.25) is 0 Å². The molecule has 12 heavy (non-hydrogen) atoms. The predicted molar refractivity (Wildman–Crippen MR) is 56.6 cm³/mol. The van der Waals surface area contributed by atoms with Gasteiger partial charge >= 0.3 is 0 Å². The first-order valence-electron chi connectivity index (χ1n) is 4.69. The number of rotatable bonds is 1. The van der Waals surface area contributed by atoms with Gasteiger partial charge in [0.2, 0.25) is 0 Å². The largest absolute Gasteiger partial charge is 0.0724 e. The number of hydrogen-bond acceptors (Lipinski definition) is 0. The van der Waals surface area contributed by atoms with Crippen LogP contribution in [0.1, 0.15) is 19.8 Å². The van der Waals surface area contributed by atoms with Gasteiger partial charge in [-0.25, -0.2) is 0 Å². The van der Waals surface area contributed by atoms with E-state index in [0.29, 0.717) is 0 Å². The topological polar surface area (TPSA) is 0 Å². The second-order valence-corrected chi connectivity index (χ2v) is 6.30. The molecular weight excluding hydrogens is 163 g/mol. The Morgan fingerprint density at radius 3 is 2.58 bits per heavy atom. The van der Waals surface area contributed by atoms with Gasteiger partial charge in [0.25, 0.3) is 0 Å². The number of hydrogen-bond donors (Lipinski definition) is 0. The molecule has 2 atom stereocenters. The molecule has 1 heteroatoms. The van der Waals surface area contributed by atoms with Crippen molar-refractivity contribution in [2.45, 2.75) is 25.4 Å². The van der Waals surface area contributed by atoms with Crippen LogP contribution in [0.4, 0.5) is 0 Å². The Morgan fingerprint density at radius 2 is 2.00 bits per heavy atom. The van der Waals surface area contributed by atoms with Crippen LogP contribution in [0.3, 0.4) is 0 Å². The van der Waals surface area contributed by atoms with Crippen LogP contribution in [0, 0.1) is 0 Å². The molecule has 0 N–H and O–H groups in total. The van der Waals surface area contributed by atoms with E-state index in [1.54, 1.807) is 5.30 Å². The van der Waals surface area contributed by atoms with E-state index in [-0.39, 0.29) is 7.92 Å². The van der Waals surface area contributed by atoms with E-state index in [4.69, 9.17) is 0 Å². The van der Waals surface area contributed by atoms with Crippen molar-refractivity contribution >= 4 is 13.2 Å². The molecule has 0 amide bonds. The molecule has 0 unspecified atom stereocenters. The molecule has 0 spiro atoms. The minimum Gasteiger partial charge on any atom is -0.0724 e. The standard InChI is InChI=1S/C11H15P/c1-10-6-5-9-12(10)11-7-3-2-4-8-11/h2-4,7-8,10H,5-6,9H2,1H3/t10-,12-/m0/s1. The molecule has 0 saturated carbocycles. The summed E-state index contributed by atoms with van der Waals surface area (Å²) in [5, 5.41) is 1.61. The van der Waals surface area contributed by atoms with Crippen LogP contribution in [0.5, 0.6) is 0 Å². The van der Waals surface area contributed by atoms with Gasteiger partial charge in [-0.2, -0.15) is 0 Å². The molecule has 0 bridgehead atoms. The Labute approximate surface area is 75.7 Å². The molecule has 1 saturated heterocycles. The summed E-state index contributed by atoms with van der Waals surface area (Å²) in [4.78, 5) is 0. The highest BCUT2D eigenvalue weighted by Crippen LogP contribution is 2.48. The summed E-state index contributed by atoms with van der Waals surface area (Å²) in [7, 11) is 0.199. The summed E-state index contributed by atoms with van der Waals surface area (Å²) in [5.74, 6) is 0. The van der Waals surface area contributed by atoms with Crippen molar-refractivity contribution in [3.05, 3.63) is 30.3 Å². The van der Waals surface area contributed by atoms with Crippen molar-refractivity contribution in [3.8, 4) is 0 Å². The fourth-order valence-electron chi connectivity index (χ4n) is 1.94. The predicted octanol–water partition coefficient (Wildman–Crippen LogP) is 2.98. The Bertz CT molecular complexity index is 242. The fraction of sp³-hybridized carbons (Fsp3) is 0.455. The normalized spacial score (nSPS) is 29.1. The Kier molecular flexibility index (Phi) is 2.46. The maximum absolute atomic E-state index is 2.41. The SMILES string of the molecule is C[C@H]1CCC[P@]1c1ccccc1. The minimum absolute atomic E-state index is 0.199. The van der Waals surface area contributed by atoms with Gasteiger partial charge in [0, 0.05) is 0 Å². The van der Waals surface area contributed by atoms with Crippen LogP contribution in [-0.4, -0.2) is 11.8 Å². The molecule has 2 rings (SSSR count). The fourth-order valence-corrected chi connectivity index (χ4v) is 4.72. The third-order valence-electron chi connectivity index (χ3n) is 2.64. The minimum atomic E-state index is 0.199. The summed E-state index contributed by atoms with van der Waals surface area (Å²) in [6.45, 7) is 2.41. The molecule has 1 fully saturated rings. The van der Waals surface area contributed by atoms with E-state index in [1.807, 2.05) is 0 Å². The third-order valence-corrected chi connectivity index (χ3v) is 5.72. The van der Waals surface area contributed by atoms with Gasteiger partial charge in [0.15, 0.2) is 0 Å². The first-order valence-corrected chi connectivity index (χ1v) is 6.29. The van der Waals surface area contributed by atoms with E-state index in [0.717, 1.165) is 5.66 Å². The van der Waals surface area contributed by atoms with Gasteiger partial charge in [0.05, 0.1) is 0 Å². The Hall–Kier alpha value is -0.350. The summed E-state index contributed by atoms with van der Waals surface area (Å²) in [6, 6.07) is 11.0. The van der Waals surface area contributed by atoms with Gasteiger partial charge in [-0.05, 0) is 30.0 Å². The lowest BCUT2D eigenvalue weighted by Crippen LogP contribution is -2.05. The smallest absolute Gasteiger partial charge is 0.0197 e. The quantitative estimate of drug-likeness (QED) is 0.580. The lowest BCUT2D eigenvalue weighted by molar-refractivity contribution is 0.836. The van der Waals surface area contributed by atoms with E-state index in [9.17, 15) is 0 Å². The average molecular weight is 178 g/mol. The summed E-state index contributed by atoms with van der Waals surface area (Å²) in [6.07, 6.45) is 4.35. The monoisotopic (exact) mass is 178 g/mol. The van der Waals surface area contributed by atoms with Crippen molar-refractivity contribution in [1.82, 2.24) is 0 Å². The molecule has 1 aromatic carbocycles. The molecule has 64 valence electrons. The first kappa shape index (κ1) is 8.26. The molecule has 0 aliphatic carbocycles. The molecule has 1 aromatic rings. The van der Waals surface area contributed by atoms with E-state index in [1.165, 1.54) is 19.0 Å². The van der Waals surface area contributed by atoms with Crippen molar-refractivity contribution in [3.63, 3.8) is 0 Å². The van der Waals surface area contributed by atoms with Crippen LogP contribution in [0.25, 0.3) is 0 Å². The van der Waals surface area contributed by atoms with Crippen LogP contribution < -0.4 is 5.30 Å². The van der Waals surface area contributed by atoms with Crippen molar-refractivity contribution < 1.29 is 0 Å². The highest BCUT2D eigenvalue weighted by Gasteiger charge is 2.23. The van der Waals surface area contributed by atoms with Gasteiger partial charge < -0.3 is 0 Å². The maximum Gasteiger partial charge on any atom is -0.0197 e. The van der Waals surface area contributed by atoms with Gasteiger partial charge in [-0.15, -0.1) is 0 Å². The molecule has 1 heterocycles. The molecule has 1 aliphatic rings. The highest BCUT2D eigenvalue weighted by atomic mass is 31.1. The zero-order chi connectivity index (χ0) is 8.39. The summed E-state index contributed by atoms with van der Waals surface area (Å²) >= 11 is 0. The molecule has 0 aromatic heterocycles. The molecule has 0 nitrogen and oxygen atoms in total. The number of benzene rings is 1. The lowest BCUT2D eigenvalue weighted by Gasteiger charge is -2.15. The highest BCUT2D eigenvalue weighted by molar-refractivity contribution is 7.66. The average Bonchev–Trinajstić information content (AvgIpc) is 2.53. The Morgan fingerprint density at radius 1 is 1.25 bits per heavy atom. The lowest BCUT2D eigenvalue weighted by atomic mass is 10.3. The van der Waals surface area contributed by atoms with E-state index < -0.39 is 0 Å². The van der Waals surface area contributed by atoms with E-state index >= 15 is 0 Å². The zero-order valence-corrected chi connectivity index (χ0v) is 8.43. The van der Waals surface area contributed by atoms with Gasteiger partial charge in [-0.3, -0.25) is 0 Å². The zero-order valence-electron chi connectivity index (χ0n) is 7.53. The summed E-state index contributed by atoms with van der Waals surface area (Å²) < 4.78 is 0. The van der Waals surface area contributed by atoms with Crippen LogP contribution in [-0.2, 0) is 0 Å². The molecule has 0 radical (unpaired) electrons. The van der Waals surface area contributed by atoms with E-state index in [2.05, 4.69) is 37.3 Å². The van der Waals surface area contributed by atoms with Gasteiger partial charge in [-0.1, -0.05) is 45.2 Å². The van der Waals surface area contributed by atoms with Crippen molar-refractivity contribution in [2.75, 3.05) is 6.16 Å². The molecular formula is C11H15P. The van der Waals surface area contributed by atoms with Crippen molar-refractivity contribution in [2.24, 2.45) is 0 Å². The second-order valence-electron chi connectivity index (χ2n) is 3.52. The second kappa shape index (κ2) is 3.58. The van der Waals surface area contributed by atoms with Gasteiger partial charge in [0.1, 0.15) is 0 Å². The summed E-state index contributed by atoms with van der Waals surface area (Å²) in [5.41, 5.74) is 0.961. The van der Waals surface area contributed by atoms with Crippen LogP contribution >= 0.6 is 7.92 Å². The van der Waals surface area contributed by atoms with Crippen molar-refractivity contribution in [1.29, 1.82) is 0 Å². The molecule has 1 aliphatic heterocycles. The maximum atomic E-state index is 2.41. The first-order chi connectivity index (χ1) is 5.88. The van der Waals surface area contributed by atoms with Crippen LogP contribution in [0.15, 0.2) is 30.3 Å². The Balaban J connectivity index is 2.19.